The highest BCUT2D eigenvalue weighted by Crippen LogP contribution is 2.13. The lowest BCUT2D eigenvalue weighted by Gasteiger charge is -2.25. The lowest BCUT2D eigenvalue weighted by atomic mass is 10.1. The molecule has 0 aliphatic carbocycles. The quantitative estimate of drug-likeness (QED) is 0.840. The molecule has 100 valence electrons. The standard InChI is InChI=1S/C15H17NO3/c17-14-6-8-16(9-7-14)11-13-3-1-2-12(10-13)4-5-15(18)19/h1-5,10H,6-9,11H2,(H,18,19). The van der Waals surface area contributed by atoms with Crippen LogP contribution >= 0.6 is 0 Å². The van der Waals surface area contributed by atoms with Gasteiger partial charge in [0.15, 0.2) is 0 Å². The Morgan fingerprint density at radius 2 is 2.05 bits per heavy atom. The summed E-state index contributed by atoms with van der Waals surface area (Å²) in [5.41, 5.74) is 2.02. The second kappa shape index (κ2) is 6.29. The van der Waals surface area contributed by atoms with Crippen molar-refractivity contribution in [3.05, 3.63) is 41.5 Å². The topological polar surface area (TPSA) is 57.6 Å². The fraction of sp³-hybridized carbons (Fsp3) is 0.333. The van der Waals surface area contributed by atoms with Crippen LogP contribution in [0.4, 0.5) is 0 Å². The van der Waals surface area contributed by atoms with Crippen molar-refractivity contribution in [3.63, 3.8) is 0 Å². The molecule has 0 radical (unpaired) electrons. The lowest BCUT2D eigenvalue weighted by Crippen LogP contribution is -2.33. The Labute approximate surface area is 112 Å². The molecule has 1 fully saturated rings. The third-order valence-corrected chi connectivity index (χ3v) is 3.19. The number of likely N-dealkylation sites (tertiary alicyclic amines) is 1. The first-order chi connectivity index (χ1) is 9.13. The Morgan fingerprint density at radius 3 is 2.74 bits per heavy atom. The van der Waals surface area contributed by atoms with Crippen molar-refractivity contribution in [2.45, 2.75) is 19.4 Å². The van der Waals surface area contributed by atoms with Gasteiger partial charge in [0.1, 0.15) is 5.78 Å². The van der Waals surface area contributed by atoms with Gasteiger partial charge in [-0.2, -0.15) is 0 Å². The zero-order chi connectivity index (χ0) is 13.7. The molecule has 1 heterocycles. The minimum atomic E-state index is -0.944. The van der Waals surface area contributed by atoms with Crippen LogP contribution in [-0.2, 0) is 16.1 Å². The maximum atomic E-state index is 11.2. The van der Waals surface area contributed by atoms with Crippen LogP contribution in [0, 0.1) is 0 Å². The molecule has 1 aliphatic heterocycles. The van der Waals surface area contributed by atoms with Crippen molar-refractivity contribution in [1.29, 1.82) is 0 Å². The van der Waals surface area contributed by atoms with Gasteiger partial charge in [0.25, 0.3) is 0 Å². The molecule has 1 aliphatic rings. The SMILES string of the molecule is O=C(O)C=Cc1cccc(CN2CCC(=O)CC2)c1. The molecule has 0 aromatic heterocycles. The molecule has 0 amide bonds. The van der Waals surface area contributed by atoms with E-state index >= 15 is 0 Å². The summed E-state index contributed by atoms with van der Waals surface area (Å²) in [4.78, 5) is 23.9. The van der Waals surface area contributed by atoms with Crippen LogP contribution in [0.2, 0.25) is 0 Å². The lowest BCUT2D eigenvalue weighted by molar-refractivity contribution is -0.131. The van der Waals surface area contributed by atoms with E-state index in [0.29, 0.717) is 18.6 Å². The number of carboxylic acids is 1. The monoisotopic (exact) mass is 259 g/mol. The van der Waals surface area contributed by atoms with Crippen molar-refractivity contribution in [2.24, 2.45) is 0 Å². The summed E-state index contributed by atoms with van der Waals surface area (Å²) < 4.78 is 0. The summed E-state index contributed by atoms with van der Waals surface area (Å²) in [7, 11) is 0. The van der Waals surface area contributed by atoms with Gasteiger partial charge < -0.3 is 5.11 Å². The van der Waals surface area contributed by atoms with Gasteiger partial charge in [-0.3, -0.25) is 9.69 Å². The molecule has 2 rings (SSSR count). The minimum Gasteiger partial charge on any atom is -0.478 e. The number of ketones is 1. The van der Waals surface area contributed by atoms with E-state index in [1.165, 1.54) is 0 Å². The van der Waals surface area contributed by atoms with Crippen LogP contribution in [0.25, 0.3) is 6.08 Å². The van der Waals surface area contributed by atoms with Gasteiger partial charge in [0, 0.05) is 38.6 Å². The van der Waals surface area contributed by atoms with E-state index in [1.54, 1.807) is 6.08 Å². The molecule has 1 aromatic rings. The van der Waals surface area contributed by atoms with E-state index < -0.39 is 5.97 Å². The summed E-state index contributed by atoms with van der Waals surface area (Å²) in [6, 6.07) is 7.80. The summed E-state index contributed by atoms with van der Waals surface area (Å²) >= 11 is 0. The van der Waals surface area contributed by atoms with E-state index in [1.807, 2.05) is 24.3 Å². The predicted octanol–water partition coefficient (Wildman–Crippen LogP) is 1.95. The maximum Gasteiger partial charge on any atom is 0.328 e. The molecule has 0 bridgehead atoms. The van der Waals surface area contributed by atoms with Crippen LogP contribution in [0.5, 0.6) is 0 Å². The third-order valence-electron chi connectivity index (χ3n) is 3.19. The number of hydrogen-bond donors (Lipinski definition) is 1. The number of piperidine rings is 1. The molecule has 19 heavy (non-hydrogen) atoms. The fourth-order valence-corrected chi connectivity index (χ4v) is 2.18. The van der Waals surface area contributed by atoms with Gasteiger partial charge in [-0.1, -0.05) is 24.3 Å². The zero-order valence-corrected chi connectivity index (χ0v) is 10.7. The van der Waals surface area contributed by atoms with E-state index in [-0.39, 0.29) is 0 Å². The molecule has 1 N–H and O–H groups in total. The normalized spacial score (nSPS) is 16.9. The molecule has 0 spiro atoms. The second-order valence-electron chi connectivity index (χ2n) is 4.73. The number of aliphatic carboxylic acids is 1. The van der Waals surface area contributed by atoms with Gasteiger partial charge in [0.2, 0.25) is 0 Å². The number of carbonyl (C=O) groups excluding carboxylic acids is 1. The minimum absolute atomic E-state index is 0.342. The van der Waals surface area contributed by atoms with E-state index in [2.05, 4.69) is 4.90 Å². The van der Waals surface area contributed by atoms with Gasteiger partial charge in [0.05, 0.1) is 0 Å². The molecule has 4 nitrogen and oxygen atoms in total. The maximum absolute atomic E-state index is 11.2. The van der Waals surface area contributed by atoms with Crippen molar-refractivity contribution in [2.75, 3.05) is 13.1 Å². The highest BCUT2D eigenvalue weighted by Gasteiger charge is 2.15. The van der Waals surface area contributed by atoms with Gasteiger partial charge >= 0.3 is 5.97 Å². The molecular formula is C15H17NO3. The highest BCUT2D eigenvalue weighted by atomic mass is 16.4. The second-order valence-corrected chi connectivity index (χ2v) is 4.73. The van der Waals surface area contributed by atoms with Gasteiger partial charge in [-0.05, 0) is 17.2 Å². The Kier molecular flexibility index (Phi) is 4.47. The van der Waals surface area contributed by atoms with Crippen molar-refractivity contribution in [1.82, 2.24) is 4.90 Å². The molecule has 1 saturated heterocycles. The molecular weight excluding hydrogens is 242 g/mol. The molecule has 0 unspecified atom stereocenters. The number of carboxylic acid groups (broad SMARTS) is 1. The van der Waals surface area contributed by atoms with Crippen LogP contribution in [0.3, 0.4) is 0 Å². The third kappa shape index (κ3) is 4.34. The highest BCUT2D eigenvalue weighted by molar-refractivity contribution is 5.85. The number of benzene rings is 1. The zero-order valence-electron chi connectivity index (χ0n) is 10.7. The van der Waals surface area contributed by atoms with Gasteiger partial charge in [-0.25, -0.2) is 4.79 Å². The predicted molar refractivity (Wildman–Crippen MR) is 72.6 cm³/mol. The number of Topliss-reactive ketones (excluding diaryl/α,β-unsaturated/α-hetero) is 1. The summed E-state index contributed by atoms with van der Waals surface area (Å²) in [6.45, 7) is 2.43. The summed E-state index contributed by atoms with van der Waals surface area (Å²) in [5.74, 6) is -0.602. The van der Waals surface area contributed by atoms with Crippen LogP contribution < -0.4 is 0 Å². The Balaban J connectivity index is 1.99. The van der Waals surface area contributed by atoms with Crippen molar-refractivity contribution >= 4 is 17.8 Å². The first kappa shape index (κ1) is 13.5. The summed E-state index contributed by atoms with van der Waals surface area (Å²) in [5, 5.41) is 8.60. The smallest absolute Gasteiger partial charge is 0.328 e. The Hall–Kier alpha value is -1.94. The largest absolute Gasteiger partial charge is 0.478 e. The average molecular weight is 259 g/mol. The van der Waals surface area contributed by atoms with Crippen molar-refractivity contribution < 1.29 is 14.7 Å². The number of carbonyl (C=O) groups is 2. The Bertz CT molecular complexity index is 498. The van der Waals surface area contributed by atoms with Crippen LogP contribution in [0.15, 0.2) is 30.3 Å². The molecule has 4 heteroatoms. The van der Waals surface area contributed by atoms with Crippen LogP contribution in [-0.4, -0.2) is 34.8 Å². The molecule has 1 aromatic carbocycles. The van der Waals surface area contributed by atoms with E-state index in [9.17, 15) is 9.59 Å². The fourth-order valence-electron chi connectivity index (χ4n) is 2.18. The van der Waals surface area contributed by atoms with Gasteiger partial charge in [-0.15, -0.1) is 0 Å². The molecule has 0 atom stereocenters. The van der Waals surface area contributed by atoms with E-state index in [4.69, 9.17) is 5.11 Å². The average Bonchev–Trinajstić information content (AvgIpc) is 2.40. The first-order valence-corrected chi connectivity index (χ1v) is 6.37. The Morgan fingerprint density at radius 1 is 1.32 bits per heavy atom. The summed E-state index contributed by atoms with van der Waals surface area (Å²) in [6.07, 6.45) is 4.00. The number of hydrogen-bond acceptors (Lipinski definition) is 3. The first-order valence-electron chi connectivity index (χ1n) is 6.37. The van der Waals surface area contributed by atoms with Crippen LogP contribution in [0.1, 0.15) is 24.0 Å². The number of nitrogens with zero attached hydrogens (tertiary/aromatic N) is 1. The van der Waals surface area contributed by atoms with E-state index in [0.717, 1.165) is 36.8 Å². The van der Waals surface area contributed by atoms with Crippen molar-refractivity contribution in [3.8, 4) is 0 Å². The number of rotatable bonds is 4. The molecule has 0 saturated carbocycles.